The van der Waals surface area contributed by atoms with Crippen molar-refractivity contribution < 1.29 is 0 Å². The maximum absolute atomic E-state index is 6.36. The number of likely N-dealkylation sites (tertiary alicyclic amines) is 1. The Bertz CT molecular complexity index is 767. The average molecular weight is 495 g/mol. The van der Waals surface area contributed by atoms with Crippen LogP contribution in [-0.2, 0) is 6.54 Å². The summed E-state index contributed by atoms with van der Waals surface area (Å²) in [5, 5.41) is 7.96. The lowest BCUT2D eigenvalue weighted by Crippen LogP contribution is -2.45. The first-order chi connectivity index (χ1) is 16.0. The third kappa shape index (κ3) is 10.1. The lowest BCUT2D eigenvalue weighted by Gasteiger charge is -2.38. The number of allylic oxidation sites excluding steroid dienone is 1. The molecule has 1 aliphatic rings. The summed E-state index contributed by atoms with van der Waals surface area (Å²) in [5.41, 5.74) is 8.56. The van der Waals surface area contributed by atoms with Crippen LogP contribution in [0, 0.1) is 0 Å². The predicted molar refractivity (Wildman–Crippen MR) is 144 cm³/mol. The Hall–Kier alpha value is -1.50. The fourth-order valence-corrected chi connectivity index (χ4v) is 4.61. The Labute approximate surface area is 210 Å². The van der Waals surface area contributed by atoms with E-state index in [9.17, 15) is 0 Å². The van der Waals surface area contributed by atoms with Crippen LogP contribution >= 0.6 is 23.2 Å². The molecule has 0 atom stereocenters. The zero-order chi connectivity index (χ0) is 24.1. The van der Waals surface area contributed by atoms with Crippen LogP contribution < -0.4 is 16.4 Å². The van der Waals surface area contributed by atoms with E-state index in [0.29, 0.717) is 12.6 Å². The minimum absolute atomic E-state index is 0.632. The summed E-state index contributed by atoms with van der Waals surface area (Å²) in [6.45, 7) is 13.4. The van der Waals surface area contributed by atoms with Gasteiger partial charge in [-0.25, -0.2) is 0 Å². The molecule has 1 aliphatic heterocycles. The fraction of sp³-hybridized carbons (Fsp3) is 0.538. The molecule has 4 N–H and O–H groups in total. The minimum atomic E-state index is 0.632. The summed E-state index contributed by atoms with van der Waals surface area (Å²) in [4.78, 5) is 5.25. The van der Waals surface area contributed by atoms with E-state index in [4.69, 9.17) is 28.9 Å². The summed E-state index contributed by atoms with van der Waals surface area (Å²) < 4.78 is 0. The van der Waals surface area contributed by atoms with Crippen molar-refractivity contribution >= 4 is 23.2 Å². The van der Waals surface area contributed by atoms with Crippen molar-refractivity contribution in [2.75, 3.05) is 46.3 Å². The Morgan fingerprint density at radius 2 is 1.94 bits per heavy atom. The van der Waals surface area contributed by atoms with Crippen LogP contribution in [0.15, 0.2) is 59.4 Å². The molecular weight excluding hydrogens is 453 g/mol. The number of nitrogens with zero attached hydrogens (tertiary/aromatic N) is 2. The van der Waals surface area contributed by atoms with Gasteiger partial charge in [0.15, 0.2) is 0 Å². The molecule has 2 rings (SSSR count). The zero-order valence-corrected chi connectivity index (χ0v) is 21.8. The van der Waals surface area contributed by atoms with Crippen LogP contribution in [0.3, 0.4) is 0 Å². The van der Waals surface area contributed by atoms with Crippen molar-refractivity contribution in [3.8, 4) is 0 Å². The minimum Gasteiger partial charge on any atom is -0.404 e. The van der Waals surface area contributed by atoms with E-state index >= 15 is 0 Å². The molecule has 0 radical (unpaired) electrons. The molecule has 0 saturated carbocycles. The van der Waals surface area contributed by atoms with Crippen LogP contribution in [0.4, 0.5) is 0 Å². The van der Waals surface area contributed by atoms with Gasteiger partial charge in [-0.1, -0.05) is 48.8 Å². The SMILES string of the molecule is C=C(NC)C(/C=C(/Cl)CNCCCN(CCC)C1CCN(Cc2ccc(Cl)cc2)CC1)=C/N. The number of nitrogens with two attached hydrogens (primary N) is 1. The molecule has 0 spiro atoms. The quantitative estimate of drug-likeness (QED) is 0.259. The number of hydrogen-bond donors (Lipinski definition) is 3. The summed E-state index contributed by atoms with van der Waals surface area (Å²) >= 11 is 12.4. The topological polar surface area (TPSA) is 56.6 Å². The number of halogens is 2. The van der Waals surface area contributed by atoms with E-state index in [1.54, 1.807) is 0 Å². The number of piperidine rings is 1. The number of rotatable bonds is 14. The summed E-state index contributed by atoms with van der Waals surface area (Å²) in [6.07, 6.45) is 8.14. The molecule has 7 heteroatoms. The van der Waals surface area contributed by atoms with Crippen molar-refractivity contribution in [2.45, 2.75) is 45.2 Å². The molecule has 0 aromatic heterocycles. The second-order valence-electron chi connectivity index (χ2n) is 8.64. The third-order valence-corrected chi connectivity index (χ3v) is 6.63. The number of benzene rings is 1. The van der Waals surface area contributed by atoms with Crippen LogP contribution in [-0.4, -0.2) is 62.2 Å². The maximum atomic E-state index is 6.36. The Kier molecular flexibility index (Phi) is 13.0. The van der Waals surface area contributed by atoms with Crippen molar-refractivity contribution in [1.82, 2.24) is 20.4 Å². The summed E-state index contributed by atoms with van der Waals surface area (Å²) in [5.74, 6) is 0. The summed E-state index contributed by atoms with van der Waals surface area (Å²) in [6, 6.07) is 8.92. The van der Waals surface area contributed by atoms with Gasteiger partial charge in [0.2, 0.25) is 0 Å². The van der Waals surface area contributed by atoms with Gasteiger partial charge in [-0.2, -0.15) is 0 Å². The molecule has 5 nitrogen and oxygen atoms in total. The number of nitrogens with one attached hydrogen (secondary N) is 2. The third-order valence-electron chi connectivity index (χ3n) is 6.14. The zero-order valence-electron chi connectivity index (χ0n) is 20.3. The molecule has 184 valence electrons. The van der Waals surface area contributed by atoms with Gasteiger partial charge in [0.1, 0.15) is 0 Å². The first-order valence-electron chi connectivity index (χ1n) is 12.0. The second kappa shape index (κ2) is 15.4. The van der Waals surface area contributed by atoms with Gasteiger partial charge >= 0.3 is 0 Å². The van der Waals surface area contributed by atoms with E-state index in [0.717, 1.165) is 60.5 Å². The number of hydrogen-bond acceptors (Lipinski definition) is 5. The predicted octanol–water partition coefficient (Wildman–Crippen LogP) is 4.69. The van der Waals surface area contributed by atoms with Crippen LogP contribution in [0.25, 0.3) is 0 Å². The molecule has 1 heterocycles. The standard InChI is InChI=1S/C26H41Cl2N5/c1-4-13-33(14-5-12-31-19-25(28)17-23(18-29)21(2)30-3)26-10-15-32(16-11-26)20-22-6-8-24(27)9-7-22/h6-9,17-18,26,30-31H,2,4-5,10-16,19-20,29H2,1,3H3/b23-18+,25-17+. The van der Waals surface area contributed by atoms with Crippen molar-refractivity contribution in [2.24, 2.45) is 5.73 Å². The van der Waals surface area contributed by atoms with Crippen LogP contribution in [0.2, 0.25) is 5.02 Å². The van der Waals surface area contributed by atoms with Gasteiger partial charge in [-0.05, 0) is 82.2 Å². The molecule has 33 heavy (non-hydrogen) atoms. The monoisotopic (exact) mass is 493 g/mol. The second-order valence-corrected chi connectivity index (χ2v) is 9.56. The molecule has 0 aliphatic carbocycles. The highest BCUT2D eigenvalue weighted by molar-refractivity contribution is 6.30. The van der Waals surface area contributed by atoms with E-state index in [1.807, 2.05) is 25.3 Å². The largest absolute Gasteiger partial charge is 0.404 e. The first-order valence-corrected chi connectivity index (χ1v) is 12.8. The number of likely N-dealkylation sites (N-methyl/N-ethyl adjacent to an activating group) is 1. The van der Waals surface area contributed by atoms with E-state index in [2.05, 4.69) is 46.1 Å². The molecule has 0 bridgehead atoms. The Balaban J connectivity index is 1.71. The lowest BCUT2D eigenvalue weighted by molar-refractivity contribution is 0.103. The van der Waals surface area contributed by atoms with E-state index < -0.39 is 0 Å². The molecule has 0 amide bonds. The van der Waals surface area contributed by atoms with Crippen molar-refractivity contribution in [1.29, 1.82) is 0 Å². The maximum Gasteiger partial charge on any atom is 0.0406 e. The average Bonchev–Trinajstić information content (AvgIpc) is 2.83. The van der Waals surface area contributed by atoms with Gasteiger partial charge < -0.3 is 21.3 Å². The highest BCUT2D eigenvalue weighted by Gasteiger charge is 2.23. The van der Waals surface area contributed by atoms with Crippen molar-refractivity contribution in [3.05, 3.63) is 70.0 Å². The molecule has 1 fully saturated rings. The molecule has 1 saturated heterocycles. The molecule has 0 unspecified atom stereocenters. The molecular formula is C26H41Cl2N5. The highest BCUT2D eigenvalue weighted by atomic mass is 35.5. The van der Waals surface area contributed by atoms with Gasteiger partial charge in [0, 0.05) is 53.7 Å². The Morgan fingerprint density at radius 1 is 1.24 bits per heavy atom. The van der Waals surface area contributed by atoms with Gasteiger partial charge in [-0.15, -0.1) is 0 Å². The van der Waals surface area contributed by atoms with Gasteiger partial charge in [-0.3, -0.25) is 4.90 Å². The van der Waals surface area contributed by atoms with Gasteiger partial charge in [0.25, 0.3) is 0 Å². The van der Waals surface area contributed by atoms with E-state index in [-0.39, 0.29) is 0 Å². The van der Waals surface area contributed by atoms with Crippen LogP contribution in [0.1, 0.15) is 38.2 Å². The normalized spacial score (nSPS) is 16.4. The van der Waals surface area contributed by atoms with Gasteiger partial charge in [0.05, 0.1) is 0 Å². The first kappa shape index (κ1) is 27.7. The van der Waals surface area contributed by atoms with Crippen LogP contribution in [0.5, 0.6) is 0 Å². The molecule has 1 aromatic rings. The smallest absolute Gasteiger partial charge is 0.0406 e. The van der Waals surface area contributed by atoms with Crippen molar-refractivity contribution in [3.63, 3.8) is 0 Å². The lowest BCUT2D eigenvalue weighted by atomic mass is 10.0. The fourth-order valence-electron chi connectivity index (χ4n) is 4.27. The summed E-state index contributed by atoms with van der Waals surface area (Å²) in [7, 11) is 1.82. The highest BCUT2D eigenvalue weighted by Crippen LogP contribution is 2.20. The van der Waals surface area contributed by atoms with E-state index in [1.165, 1.54) is 37.6 Å². The molecule has 1 aromatic carbocycles. The Morgan fingerprint density at radius 3 is 2.55 bits per heavy atom.